The first-order chi connectivity index (χ1) is 6.49. The SMILES string of the molecule is CC1=CC(/C=C(/C)C(C)O)=CC(C)N1. The van der Waals surface area contributed by atoms with Gasteiger partial charge in [-0.3, -0.25) is 0 Å². The molecule has 0 aliphatic carbocycles. The zero-order valence-corrected chi connectivity index (χ0v) is 9.33. The Labute approximate surface area is 86.0 Å². The molecule has 0 saturated heterocycles. The summed E-state index contributed by atoms with van der Waals surface area (Å²) < 4.78 is 0. The van der Waals surface area contributed by atoms with Crippen LogP contribution in [0.15, 0.2) is 35.1 Å². The predicted molar refractivity (Wildman–Crippen MR) is 59.9 cm³/mol. The van der Waals surface area contributed by atoms with Gasteiger partial charge in [-0.2, -0.15) is 0 Å². The lowest BCUT2D eigenvalue weighted by atomic mass is 10.0. The molecule has 2 nitrogen and oxygen atoms in total. The van der Waals surface area contributed by atoms with Crippen LogP contribution in [0.25, 0.3) is 0 Å². The zero-order valence-electron chi connectivity index (χ0n) is 9.33. The fraction of sp³-hybridized carbons (Fsp3) is 0.500. The first-order valence-electron chi connectivity index (χ1n) is 5.02. The summed E-state index contributed by atoms with van der Waals surface area (Å²) in [5.41, 5.74) is 3.34. The van der Waals surface area contributed by atoms with Gasteiger partial charge in [0.15, 0.2) is 0 Å². The molecular formula is C12H19NO. The molecule has 2 heteroatoms. The highest BCUT2D eigenvalue weighted by atomic mass is 16.3. The van der Waals surface area contributed by atoms with Crippen molar-refractivity contribution < 1.29 is 5.11 Å². The lowest BCUT2D eigenvalue weighted by Gasteiger charge is -2.18. The second-order valence-electron chi connectivity index (χ2n) is 3.99. The minimum atomic E-state index is -0.366. The highest BCUT2D eigenvalue weighted by molar-refractivity contribution is 5.39. The molecule has 1 aliphatic heterocycles. The highest BCUT2D eigenvalue weighted by Crippen LogP contribution is 2.14. The number of hydrogen-bond donors (Lipinski definition) is 2. The summed E-state index contributed by atoms with van der Waals surface area (Å²) in [6, 6.07) is 0.369. The van der Waals surface area contributed by atoms with Gasteiger partial charge in [0.1, 0.15) is 0 Å². The monoisotopic (exact) mass is 193 g/mol. The molecule has 0 saturated carbocycles. The van der Waals surface area contributed by atoms with Crippen LogP contribution < -0.4 is 5.32 Å². The summed E-state index contributed by atoms with van der Waals surface area (Å²) in [4.78, 5) is 0. The number of aliphatic hydroxyl groups excluding tert-OH is 1. The molecule has 0 spiro atoms. The molecule has 2 unspecified atom stereocenters. The Hall–Kier alpha value is -1.02. The van der Waals surface area contributed by atoms with Gasteiger partial charge >= 0.3 is 0 Å². The Morgan fingerprint density at radius 3 is 2.79 bits per heavy atom. The van der Waals surface area contributed by atoms with Crippen molar-refractivity contribution in [1.29, 1.82) is 0 Å². The van der Waals surface area contributed by atoms with Crippen molar-refractivity contribution in [3.05, 3.63) is 35.1 Å². The van der Waals surface area contributed by atoms with Gasteiger partial charge in [0.05, 0.1) is 6.10 Å². The standard InChI is InChI=1S/C12H19NO/c1-8(11(4)14)5-12-6-9(2)13-10(3)7-12/h5-7,9,11,13-14H,1-4H3/b8-5-. The topological polar surface area (TPSA) is 32.3 Å². The van der Waals surface area contributed by atoms with E-state index in [1.54, 1.807) is 6.92 Å². The molecule has 14 heavy (non-hydrogen) atoms. The molecule has 78 valence electrons. The highest BCUT2D eigenvalue weighted by Gasteiger charge is 2.06. The summed E-state index contributed by atoms with van der Waals surface area (Å²) in [6.45, 7) is 7.89. The van der Waals surface area contributed by atoms with E-state index in [0.717, 1.165) is 5.57 Å². The average Bonchev–Trinajstić information content (AvgIpc) is 2.01. The smallest absolute Gasteiger partial charge is 0.0722 e. The van der Waals surface area contributed by atoms with E-state index in [9.17, 15) is 5.11 Å². The lowest BCUT2D eigenvalue weighted by Crippen LogP contribution is -2.25. The number of dihydropyridines is 1. The third-order valence-electron chi connectivity index (χ3n) is 2.33. The summed E-state index contributed by atoms with van der Waals surface area (Å²) >= 11 is 0. The van der Waals surface area contributed by atoms with E-state index < -0.39 is 0 Å². The van der Waals surface area contributed by atoms with Gasteiger partial charge in [0, 0.05) is 11.7 Å². The van der Waals surface area contributed by atoms with Crippen LogP contribution in [0, 0.1) is 0 Å². The number of nitrogens with one attached hydrogen (secondary N) is 1. The summed E-state index contributed by atoms with van der Waals surface area (Å²) in [7, 11) is 0. The number of aliphatic hydroxyl groups is 1. The van der Waals surface area contributed by atoms with Gasteiger partial charge in [-0.1, -0.05) is 12.2 Å². The summed E-state index contributed by atoms with van der Waals surface area (Å²) in [5.74, 6) is 0. The zero-order chi connectivity index (χ0) is 10.7. The second-order valence-corrected chi connectivity index (χ2v) is 3.99. The van der Waals surface area contributed by atoms with Crippen molar-refractivity contribution in [2.45, 2.75) is 39.8 Å². The lowest BCUT2D eigenvalue weighted by molar-refractivity contribution is 0.231. The number of allylic oxidation sites excluding steroid dienone is 4. The van der Waals surface area contributed by atoms with E-state index in [1.807, 2.05) is 13.0 Å². The largest absolute Gasteiger partial charge is 0.389 e. The van der Waals surface area contributed by atoms with E-state index >= 15 is 0 Å². The molecule has 0 aromatic heterocycles. The molecule has 0 amide bonds. The maximum absolute atomic E-state index is 9.35. The Morgan fingerprint density at radius 1 is 1.64 bits per heavy atom. The van der Waals surface area contributed by atoms with Gasteiger partial charge in [-0.05, 0) is 44.9 Å². The van der Waals surface area contributed by atoms with Crippen LogP contribution in [-0.2, 0) is 0 Å². The van der Waals surface area contributed by atoms with Gasteiger partial charge in [-0.25, -0.2) is 0 Å². The van der Waals surface area contributed by atoms with Crippen LogP contribution in [0.2, 0.25) is 0 Å². The predicted octanol–water partition coefficient (Wildman–Crippen LogP) is 2.14. The molecular weight excluding hydrogens is 174 g/mol. The Kier molecular flexibility index (Phi) is 3.53. The first kappa shape index (κ1) is 11.1. The van der Waals surface area contributed by atoms with E-state index in [1.165, 1.54) is 11.3 Å². The van der Waals surface area contributed by atoms with Crippen LogP contribution in [0.4, 0.5) is 0 Å². The third-order valence-corrected chi connectivity index (χ3v) is 2.33. The number of hydrogen-bond acceptors (Lipinski definition) is 2. The summed E-state index contributed by atoms with van der Waals surface area (Å²) in [6.07, 6.45) is 5.91. The van der Waals surface area contributed by atoms with Crippen LogP contribution in [0.1, 0.15) is 27.7 Å². The van der Waals surface area contributed by atoms with Gasteiger partial charge in [0.2, 0.25) is 0 Å². The molecule has 1 rings (SSSR count). The van der Waals surface area contributed by atoms with Crippen molar-refractivity contribution in [3.8, 4) is 0 Å². The van der Waals surface area contributed by atoms with Crippen LogP contribution in [0.3, 0.4) is 0 Å². The molecule has 1 aliphatic rings. The Morgan fingerprint density at radius 2 is 2.29 bits per heavy atom. The fourth-order valence-electron chi connectivity index (χ4n) is 1.50. The van der Waals surface area contributed by atoms with Crippen molar-refractivity contribution in [2.75, 3.05) is 0 Å². The van der Waals surface area contributed by atoms with Crippen LogP contribution in [-0.4, -0.2) is 17.3 Å². The van der Waals surface area contributed by atoms with Crippen molar-refractivity contribution in [2.24, 2.45) is 0 Å². The Bertz CT molecular complexity index is 297. The molecule has 0 aromatic rings. The molecule has 1 heterocycles. The third kappa shape index (κ3) is 3.04. The summed E-state index contributed by atoms with van der Waals surface area (Å²) in [5, 5.41) is 12.7. The minimum absolute atomic E-state index is 0.366. The second kappa shape index (κ2) is 4.47. The van der Waals surface area contributed by atoms with Gasteiger partial charge < -0.3 is 10.4 Å². The number of rotatable bonds is 2. The molecule has 2 N–H and O–H groups in total. The first-order valence-corrected chi connectivity index (χ1v) is 5.02. The average molecular weight is 193 g/mol. The quantitative estimate of drug-likeness (QED) is 0.704. The van der Waals surface area contributed by atoms with Crippen molar-refractivity contribution >= 4 is 0 Å². The molecule has 0 fully saturated rings. The van der Waals surface area contributed by atoms with Crippen molar-refractivity contribution in [3.63, 3.8) is 0 Å². The maximum atomic E-state index is 9.35. The fourth-order valence-corrected chi connectivity index (χ4v) is 1.50. The normalized spacial score (nSPS) is 24.9. The minimum Gasteiger partial charge on any atom is -0.389 e. The van der Waals surface area contributed by atoms with Crippen LogP contribution >= 0.6 is 0 Å². The van der Waals surface area contributed by atoms with Gasteiger partial charge in [-0.15, -0.1) is 0 Å². The van der Waals surface area contributed by atoms with Crippen molar-refractivity contribution in [1.82, 2.24) is 5.32 Å². The molecule has 0 aromatic carbocycles. The molecule has 0 radical (unpaired) electrons. The molecule has 0 bridgehead atoms. The Balaban J connectivity index is 2.84. The van der Waals surface area contributed by atoms with E-state index in [0.29, 0.717) is 6.04 Å². The molecule has 2 atom stereocenters. The van der Waals surface area contributed by atoms with Gasteiger partial charge in [0.25, 0.3) is 0 Å². The van der Waals surface area contributed by atoms with Crippen LogP contribution in [0.5, 0.6) is 0 Å². The van der Waals surface area contributed by atoms with E-state index in [4.69, 9.17) is 0 Å². The van der Waals surface area contributed by atoms with E-state index in [-0.39, 0.29) is 6.10 Å². The van der Waals surface area contributed by atoms with E-state index in [2.05, 4.69) is 31.3 Å². The maximum Gasteiger partial charge on any atom is 0.0722 e.